The number of carbonyl (C=O) groups is 1. The third kappa shape index (κ3) is 3.24. The second-order valence-electron chi connectivity index (χ2n) is 5.22. The van der Waals surface area contributed by atoms with Crippen LogP contribution in [0.25, 0.3) is 0 Å². The number of para-hydroxylation sites is 1. The Balaban J connectivity index is 2.40. The van der Waals surface area contributed by atoms with Crippen LogP contribution in [0.4, 0.5) is 0 Å². The van der Waals surface area contributed by atoms with Crippen LogP contribution in [0.1, 0.15) is 25.0 Å². The molecule has 21 heavy (non-hydrogen) atoms. The average Bonchev–Trinajstić information content (AvgIpc) is 2.50. The molecule has 2 rings (SSSR count). The van der Waals surface area contributed by atoms with E-state index in [-0.39, 0.29) is 0 Å². The molecule has 1 unspecified atom stereocenters. The molecule has 0 aliphatic rings. The predicted octanol–water partition coefficient (Wildman–Crippen LogP) is 3.67. The van der Waals surface area contributed by atoms with Crippen molar-refractivity contribution in [1.29, 1.82) is 0 Å². The summed E-state index contributed by atoms with van der Waals surface area (Å²) in [5, 5.41) is 9.73. The fourth-order valence-electron chi connectivity index (χ4n) is 2.43. The van der Waals surface area contributed by atoms with Gasteiger partial charge in [0.2, 0.25) is 0 Å². The summed E-state index contributed by atoms with van der Waals surface area (Å²) in [6.45, 7) is 4.24. The highest BCUT2D eigenvalue weighted by Crippen LogP contribution is 2.32. The molecule has 3 nitrogen and oxygen atoms in total. The van der Waals surface area contributed by atoms with Crippen LogP contribution < -0.4 is 4.74 Å². The van der Waals surface area contributed by atoms with Gasteiger partial charge in [-0.05, 0) is 37.5 Å². The molecule has 1 N–H and O–H groups in total. The van der Waals surface area contributed by atoms with E-state index in [2.05, 4.69) is 0 Å². The first kappa shape index (κ1) is 15.1. The number of carboxylic acids is 1. The summed E-state index contributed by atoms with van der Waals surface area (Å²) in [4.78, 5) is 11.9. The highest BCUT2D eigenvalue weighted by molar-refractivity contribution is 5.81. The number of rotatable bonds is 6. The van der Waals surface area contributed by atoms with E-state index in [1.807, 2.05) is 61.5 Å². The topological polar surface area (TPSA) is 46.5 Å². The van der Waals surface area contributed by atoms with Gasteiger partial charge in [-0.15, -0.1) is 0 Å². The molecule has 0 fully saturated rings. The lowest BCUT2D eigenvalue weighted by atomic mass is 9.77. The molecule has 110 valence electrons. The summed E-state index contributed by atoms with van der Waals surface area (Å²) in [7, 11) is 0. The molecular weight excluding hydrogens is 264 g/mol. The van der Waals surface area contributed by atoms with Crippen molar-refractivity contribution < 1.29 is 14.6 Å². The van der Waals surface area contributed by atoms with Crippen LogP contribution in [0.15, 0.2) is 54.6 Å². The maximum absolute atomic E-state index is 11.9. The highest BCUT2D eigenvalue weighted by atomic mass is 16.5. The molecule has 0 heterocycles. The molecular formula is C18H20O3. The minimum Gasteiger partial charge on any atom is -0.494 e. The molecule has 0 saturated heterocycles. The van der Waals surface area contributed by atoms with Crippen LogP contribution in [0.2, 0.25) is 0 Å². The number of benzene rings is 2. The van der Waals surface area contributed by atoms with Gasteiger partial charge >= 0.3 is 5.97 Å². The van der Waals surface area contributed by atoms with E-state index in [0.29, 0.717) is 13.0 Å². The van der Waals surface area contributed by atoms with E-state index in [1.54, 1.807) is 6.92 Å². The molecule has 2 aromatic carbocycles. The number of hydrogen-bond donors (Lipinski definition) is 1. The fraction of sp³-hybridized carbons (Fsp3) is 0.278. The van der Waals surface area contributed by atoms with Gasteiger partial charge in [0.15, 0.2) is 0 Å². The minimum absolute atomic E-state index is 0.391. The van der Waals surface area contributed by atoms with Gasteiger partial charge in [-0.3, -0.25) is 4.79 Å². The van der Waals surface area contributed by atoms with Gasteiger partial charge < -0.3 is 9.84 Å². The minimum atomic E-state index is -0.978. The Kier molecular flexibility index (Phi) is 4.63. The maximum atomic E-state index is 11.9. The van der Waals surface area contributed by atoms with E-state index in [9.17, 15) is 9.90 Å². The molecule has 0 saturated carbocycles. The van der Waals surface area contributed by atoms with Crippen molar-refractivity contribution in [2.24, 2.45) is 0 Å². The second-order valence-corrected chi connectivity index (χ2v) is 5.22. The third-order valence-corrected chi connectivity index (χ3v) is 3.70. The molecule has 3 heteroatoms. The second kappa shape index (κ2) is 6.44. The van der Waals surface area contributed by atoms with Crippen LogP contribution in [0, 0.1) is 0 Å². The van der Waals surface area contributed by atoms with Crippen LogP contribution in [0.3, 0.4) is 0 Å². The molecule has 0 aromatic heterocycles. The van der Waals surface area contributed by atoms with Gasteiger partial charge in [-0.25, -0.2) is 0 Å². The highest BCUT2D eigenvalue weighted by Gasteiger charge is 2.36. The Morgan fingerprint density at radius 1 is 1.10 bits per heavy atom. The summed E-state index contributed by atoms with van der Waals surface area (Å²) in [5.41, 5.74) is 0.728. The van der Waals surface area contributed by atoms with Crippen molar-refractivity contribution in [3.63, 3.8) is 0 Å². The molecule has 0 aliphatic carbocycles. The van der Waals surface area contributed by atoms with Crippen LogP contribution in [-0.2, 0) is 16.6 Å². The number of aliphatic carboxylic acids is 1. The van der Waals surface area contributed by atoms with Crippen LogP contribution >= 0.6 is 0 Å². The van der Waals surface area contributed by atoms with Gasteiger partial charge in [-0.1, -0.05) is 48.5 Å². The Morgan fingerprint density at radius 2 is 1.71 bits per heavy atom. The Morgan fingerprint density at radius 3 is 2.33 bits per heavy atom. The quantitative estimate of drug-likeness (QED) is 0.880. The Bertz CT molecular complexity index is 607. The van der Waals surface area contributed by atoms with Gasteiger partial charge in [0.1, 0.15) is 5.75 Å². The lowest BCUT2D eigenvalue weighted by Crippen LogP contribution is -2.35. The zero-order chi connectivity index (χ0) is 15.3. The fourth-order valence-corrected chi connectivity index (χ4v) is 2.43. The van der Waals surface area contributed by atoms with Gasteiger partial charge in [-0.2, -0.15) is 0 Å². The van der Waals surface area contributed by atoms with Crippen molar-refractivity contribution in [3.05, 3.63) is 65.7 Å². The first-order valence-corrected chi connectivity index (χ1v) is 7.07. The van der Waals surface area contributed by atoms with E-state index >= 15 is 0 Å². The predicted molar refractivity (Wildman–Crippen MR) is 82.7 cm³/mol. The molecule has 2 aromatic rings. The number of hydrogen-bond acceptors (Lipinski definition) is 2. The largest absolute Gasteiger partial charge is 0.494 e. The molecule has 0 radical (unpaired) electrons. The van der Waals surface area contributed by atoms with E-state index in [4.69, 9.17) is 4.74 Å². The van der Waals surface area contributed by atoms with Crippen LogP contribution in [-0.4, -0.2) is 17.7 Å². The first-order valence-electron chi connectivity index (χ1n) is 7.07. The number of ether oxygens (including phenoxy) is 1. The van der Waals surface area contributed by atoms with Crippen molar-refractivity contribution in [2.45, 2.75) is 25.7 Å². The molecule has 1 atom stereocenters. The average molecular weight is 284 g/mol. The lowest BCUT2D eigenvalue weighted by Gasteiger charge is -2.26. The third-order valence-electron chi connectivity index (χ3n) is 3.70. The summed E-state index contributed by atoms with van der Waals surface area (Å²) in [5.74, 6) is -0.0802. The zero-order valence-corrected chi connectivity index (χ0v) is 12.4. The zero-order valence-electron chi connectivity index (χ0n) is 12.4. The van der Waals surface area contributed by atoms with Gasteiger partial charge in [0.25, 0.3) is 0 Å². The molecule has 0 amide bonds. The van der Waals surface area contributed by atoms with Gasteiger partial charge in [0.05, 0.1) is 12.0 Å². The van der Waals surface area contributed by atoms with Crippen molar-refractivity contribution in [2.75, 3.05) is 6.61 Å². The summed E-state index contributed by atoms with van der Waals surface area (Å²) >= 11 is 0. The standard InChI is InChI=1S/C18H20O3/c1-3-21-16-12-8-7-9-14(16)13-18(2,17(19)20)15-10-5-4-6-11-15/h4-12H,3,13H2,1-2H3,(H,19,20). The molecule has 0 aliphatic heterocycles. The van der Waals surface area contributed by atoms with E-state index in [1.165, 1.54) is 0 Å². The monoisotopic (exact) mass is 284 g/mol. The maximum Gasteiger partial charge on any atom is 0.314 e. The van der Waals surface area contributed by atoms with Crippen LogP contribution in [0.5, 0.6) is 5.75 Å². The molecule has 0 bridgehead atoms. The summed E-state index contributed by atoms with van der Waals surface area (Å²) in [6.07, 6.45) is 0.391. The number of carboxylic acid groups (broad SMARTS) is 1. The Labute approximate surface area is 125 Å². The molecule has 0 spiro atoms. The van der Waals surface area contributed by atoms with Crippen molar-refractivity contribution in [1.82, 2.24) is 0 Å². The van der Waals surface area contributed by atoms with E-state index in [0.717, 1.165) is 16.9 Å². The first-order chi connectivity index (χ1) is 10.1. The summed E-state index contributed by atoms with van der Waals surface area (Å²) < 4.78 is 5.61. The normalized spacial score (nSPS) is 13.4. The van der Waals surface area contributed by atoms with Crippen molar-refractivity contribution in [3.8, 4) is 5.75 Å². The summed E-state index contributed by atoms with van der Waals surface area (Å²) in [6, 6.07) is 17.0. The SMILES string of the molecule is CCOc1ccccc1CC(C)(C(=O)O)c1ccccc1. The van der Waals surface area contributed by atoms with E-state index < -0.39 is 11.4 Å². The van der Waals surface area contributed by atoms with Crippen molar-refractivity contribution >= 4 is 5.97 Å². The Hall–Kier alpha value is -2.29. The van der Waals surface area contributed by atoms with Gasteiger partial charge in [0, 0.05) is 0 Å². The smallest absolute Gasteiger partial charge is 0.314 e. The lowest BCUT2D eigenvalue weighted by molar-refractivity contribution is -0.143.